The molecule has 1 aromatic rings. The largest absolute Gasteiger partial charge is 0.331 e. The Morgan fingerprint density at radius 1 is 1.14 bits per heavy atom. The van der Waals surface area contributed by atoms with Gasteiger partial charge in [-0.3, -0.25) is 4.79 Å². The molecule has 2 nitrogen and oxygen atoms in total. The first-order chi connectivity index (χ1) is 10.2. The van der Waals surface area contributed by atoms with E-state index in [-0.39, 0.29) is 5.91 Å². The van der Waals surface area contributed by atoms with Crippen LogP contribution in [0.4, 0.5) is 0 Å². The molecule has 1 heterocycles. The van der Waals surface area contributed by atoms with E-state index in [0.29, 0.717) is 11.8 Å². The Labute approximate surface area is 127 Å². The monoisotopic (exact) mass is 281 g/mol. The molecule has 2 heteroatoms. The first-order valence-corrected chi connectivity index (χ1v) is 8.09. The van der Waals surface area contributed by atoms with Crippen molar-refractivity contribution >= 4 is 5.91 Å². The minimum atomic E-state index is 0.0266. The average Bonchev–Trinajstić information content (AvgIpc) is 2.46. The van der Waals surface area contributed by atoms with E-state index in [0.717, 1.165) is 19.5 Å². The van der Waals surface area contributed by atoms with Crippen molar-refractivity contribution in [1.29, 1.82) is 0 Å². The van der Waals surface area contributed by atoms with Gasteiger partial charge in [0.05, 0.1) is 0 Å². The molecule has 1 amide bonds. The first kappa shape index (κ1) is 14.2. The predicted octanol–water partition coefficient (Wildman–Crippen LogP) is 3.50. The highest BCUT2D eigenvalue weighted by Crippen LogP contribution is 2.27. The minimum absolute atomic E-state index is 0.0266. The van der Waals surface area contributed by atoms with E-state index in [1.807, 2.05) is 4.90 Å². The SMILES string of the molecule is Cc1ccc(C2CCCN(C(=O)C#CC3CCC3)C2)cc1. The number of piperidine rings is 1. The van der Waals surface area contributed by atoms with Crippen LogP contribution in [0.3, 0.4) is 0 Å². The molecular weight excluding hydrogens is 258 g/mol. The lowest BCUT2D eigenvalue weighted by Gasteiger charge is -2.32. The van der Waals surface area contributed by atoms with Crippen molar-refractivity contribution in [3.8, 4) is 11.8 Å². The molecule has 0 aromatic heterocycles. The zero-order valence-electron chi connectivity index (χ0n) is 12.8. The number of likely N-dealkylation sites (tertiary alicyclic amines) is 1. The van der Waals surface area contributed by atoms with Crippen molar-refractivity contribution in [1.82, 2.24) is 4.90 Å². The molecule has 1 saturated heterocycles. The Morgan fingerprint density at radius 2 is 1.90 bits per heavy atom. The second kappa shape index (κ2) is 6.35. The predicted molar refractivity (Wildman–Crippen MR) is 84.9 cm³/mol. The minimum Gasteiger partial charge on any atom is -0.331 e. The zero-order chi connectivity index (χ0) is 14.7. The number of amides is 1. The summed E-state index contributed by atoms with van der Waals surface area (Å²) in [5, 5.41) is 0. The van der Waals surface area contributed by atoms with Crippen LogP contribution in [0.5, 0.6) is 0 Å². The maximum Gasteiger partial charge on any atom is 0.298 e. The Bertz CT molecular complexity index is 559. The summed E-state index contributed by atoms with van der Waals surface area (Å²) >= 11 is 0. The molecule has 1 aliphatic carbocycles. The van der Waals surface area contributed by atoms with Crippen LogP contribution >= 0.6 is 0 Å². The maximum absolute atomic E-state index is 12.2. The number of aryl methyl sites for hydroxylation is 1. The lowest BCUT2D eigenvalue weighted by molar-refractivity contribution is -0.126. The van der Waals surface area contributed by atoms with Crippen molar-refractivity contribution in [2.45, 2.75) is 44.9 Å². The molecule has 0 N–H and O–H groups in total. The molecule has 0 bridgehead atoms. The standard InChI is InChI=1S/C19H23NO/c1-15-7-10-17(11-8-15)18-6-3-13-20(14-18)19(21)12-9-16-4-2-5-16/h7-8,10-11,16,18H,2-6,13-14H2,1H3. The summed E-state index contributed by atoms with van der Waals surface area (Å²) in [5.41, 5.74) is 2.64. The normalized spacial score (nSPS) is 22.1. The lowest BCUT2D eigenvalue weighted by Crippen LogP contribution is -2.38. The molecule has 1 saturated carbocycles. The van der Waals surface area contributed by atoms with Gasteiger partial charge in [-0.15, -0.1) is 0 Å². The van der Waals surface area contributed by atoms with Gasteiger partial charge in [0.1, 0.15) is 0 Å². The smallest absolute Gasteiger partial charge is 0.298 e. The number of carbonyl (C=O) groups is 1. The fourth-order valence-corrected chi connectivity index (χ4v) is 3.07. The maximum atomic E-state index is 12.2. The first-order valence-electron chi connectivity index (χ1n) is 8.09. The van der Waals surface area contributed by atoms with Crippen LogP contribution in [-0.4, -0.2) is 23.9 Å². The van der Waals surface area contributed by atoms with E-state index < -0.39 is 0 Å². The van der Waals surface area contributed by atoms with Crippen LogP contribution in [0.25, 0.3) is 0 Å². The van der Waals surface area contributed by atoms with Crippen LogP contribution in [-0.2, 0) is 4.79 Å². The molecule has 110 valence electrons. The average molecular weight is 281 g/mol. The molecular formula is C19H23NO. The van der Waals surface area contributed by atoms with Crippen LogP contribution in [0.1, 0.15) is 49.1 Å². The van der Waals surface area contributed by atoms with E-state index in [9.17, 15) is 4.79 Å². The van der Waals surface area contributed by atoms with Crippen molar-refractivity contribution in [2.24, 2.45) is 5.92 Å². The summed E-state index contributed by atoms with van der Waals surface area (Å²) in [6.45, 7) is 3.79. The van der Waals surface area contributed by atoms with E-state index in [1.165, 1.54) is 36.8 Å². The summed E-state index contributed by atoms with van der Waals surface area (Å²) in [6, 6.07) is 8.72. The second-order valence-electron chi connectivity index (χ2n) is 6.40. The molecule has 0 spiro atoms. The number of hydrogen-bond acceptors (Lipinski definition) is 1. The summed E-state index contributed by atoms with van der Waals surface area (Å²) in [6.07, 6.45) is 5.86. The zero-order valence-corrected chi connectivity index (χ0v) is 12.8. The molecule has 1 unspecified atom stereocenters. The molecule has 3 rings (SSSR count). The number of hydrogen-bond donors (Lipinski definition) is 0. The van der Waals surface area contributed by atoms with Crippen molar-refractivity contribution in [2.75, 3.05) is 13.1 Å². The van der Waals surface area contributed by atoms with E-state index in [2.05, 4.69) is 43.0 Å². The van der Waals surface area contributed by atoms with Crippen LogP contribution in [0.2, 0.25) is 0 Å². The van der Waals surface area contributed by atoms with Gasteiger partial charge in [-0.05, 0) is 44.1 Å². The quantitative estimate of drug-likeness (QED) is 0.721. The Kier molecular flexibility index (Phi) is 4.29. The Hall–Kier alpha value is -1.75. The summed E-state index contributed by atoms with van der Waals surface area (Å²) < 4.78 is 0. The van der Waals surface area contributed by atoms with Gasteiger partial charge in [0.2, 0.25) is 0 Å². The van der Waals surface area contributed by atoms with Crippen molar-refractivity contribution in [3.63, 3.8) is 0 Å². The highest BCUT2D eigenvalue weighted by molar-refractivity contribution is 5.93. The van der Waals surface area contributed by atoms with Crippen LogP contribution in [0, 0.1) is 24.7 Å². The Morgan fingerprint density at radius 3 is 2.57 bits per heavy atom. The van der Waals surface area contributed by atoms with E-state index in [1.54, 1.807) is 0 Å². The molecule has 1 atom stereocenters. The fourth-order valence-electron chi connectivity index (χ4n) is 3.07. The molecule has 0 radical (unpaired) electrons. The lowest BCUT2D eigenvalue weighted by atomic mass is 9.86. The van der Waals surface area contributed by atoms with Gasteiger partial charge in [0, 0.05) is 24.9 Å². The second-order valence-corrected chi connectivity index (χ2v) is 6.40. The van der Waals surface area contributed by atoms with E-state index in [4.69, 9.17) is 0 Å². The molecule has 2 fully saturated rings. The van der Waals surface area contributed by atoms with Gasteiger partial charge in [0.25, 0.3) is 5.91 Å². The molecule has 1 aromatic carbocycles. The Balaban J connectivity index is 1.63. The summed E-state index contributed by atoms with van der Waals surface area (Å²) in [5.74, 6) is 6.98. The highest BCUT2D eigenvalue weighted by Gasteiger charge is 2.24. The van der Waals surface area contributed by atoms with E-state index >= 15 is 0 Å². The van der Waals surface area contributed by atoms with Gasteiger partial charge in [-0.25, -0.2) is 0 Å². The van der Waals surface area contributed by atoms with Gasteiger partial charge >= 0.3 is 0 Å². The third-order valence-electron chi connectivity index (χ3n) is 4.75. The number of benzene rings is 1. The molecule has 2 aliphatic rings. The van der Waals surface area contributed by atoms with Gasteiger partial charge in [-0.2, -0.15) is 0 Å². The molecule has 1 aliphatic heterocycles. The van der Waals surface area contributed by atoms with Crippen molar-refractivity contribution in [3.05, 3.63) is 35.4 Å². The highest BCUT2D eigenvalue weighted by atomic mass is 16.2. The fraction of sp³-hybridized carbons (Fsp3) is 0.526. The topological polar surface area (TPSA) is 20.3 Å². The van der Waals surface area contributed by atoms with Crippen LogP contribution < -0.4 is 0 Å². The van der Waals surface area contributed by atoms with Gasteiger partial charge in [-0.1, -0.05) is 42.2 Å². The third kappa shape index (κ3) is 3.47. The number of rotatable bonds is 1. The van der Waals surface area contributed by atoms with Crippen molar-refractivity contribution < 1.29 is 4.79 Å². The number of nitrogens with zero attached hydrogens (tertiary/aromatic N) is 1. The van der Waals surface area contributed by atoms with Gasteiger partial charge < -0.3 is 4.90 Å². The summed E-state index contributed by atoms with van der Waals surface area (Å²) in [4.78, 5) is 14.2. The third-order valence-corrected chi connectivity index (χ3v) is 4.75. The summed E-state index contributed by atoms with van der Waals surface area (Å²) in [7, 11) is 0. The molecule has 21 heavy (non-hydrogen) atoms. The van der Waals surface area contributed by atoms with Gasteiger partial charge in [0.15, 0.2) is 0 Å². The van der Waals surface area contributed by atoms with Crippen LogP contribution in [0.15, 0.2) is 24.3 Å². The number of carbonyl (C=O) groups excluding carboxylic acids is 1.